The number of benzene rings is 1. The molecule has 27 heavy (non-hydrogen) atoms. The van der Waals surface area contributed by atoms with Crippen molar-refractivity contribution in [3.8, 4) is 24.3 Å². The number of hydrogen-bond acceptors (Lipinski definition) is 5. The van der Waals surface area contributed by atoms with Crippen LogP contribution < -0.4 is 0 Å². The van der Waals surface area contributed by atoms with Crippen molar-refractivity contribution in [1.82, 2.24) is 0 Å². The molecule has 0 radical (unpaired) electrons. The summed E-state index contributed by atoms with van der Waals surface area (Å²) in [4.78, 5) is 2.22. The standard InChI is InChI=1S/C22H12N4S/c1-13-7-15(14(2)27-13)8-20-21(16(9-23)10-24)18-5-3-4-6-19(18)22(20)17(11-25)12-26/h3-8H,1-2H3. The summed E-state index contributed by atoms with van der Waals surface area (Å²) in [5.74, 6) is 0. The Balaban J connectivity index is 2.50. The molecule has 0 aliphatic heterocycles. The highest BCUT2D eigenvalue weighted by molar-refractivity contribution is 7.12. The lowest BCUT2D eigenvalue weighted by Gasteiger charge is -2.05. The molecule has 3 rings (SSSR count). The van der Waals surface area contributed by atoms with Gasteiger partial charge in [-0.1, -0.05) is 24.3 Å². The second-order valence-corrected chi connectivity index (χ2v) is 7.38. The minimum Gasteiger partial charge on any atom is -0.192 e. The normalized spacial score (nSPS) is 11.7. The van der Waals surface area contributed by atoms with Crippen LogP contribution >= 0.6 is 11.3 Å². The Kier molecular flexibility index (Phi) is 4.74. The van der Waals surface area contributed by atoms with Crippen LogP contribution in [0.4, 0.5) is 0 Å². The second-order valence-electron chi connectivity index (χ2n) is 5.92. The van der Waals surface area contributed by atoms with Gasteiger partial charge < -0.3 is 0 Å². The molecule has 0 atom stereocenters. The summed E-state index contributed by atoms with van der Waals surface area (Å²) in [6, 6.07) is 17.1. The molecule has 0 saturated carbocycles. The molecule has 0 unspecified atom stereocenters. The number of fused-ring (bicyclic) bond motifs is 1. The number of nitriles is 4. The SMILES string of the molecule is Cc1cc(C=C2C(=C(C#N)C#N)c3ccccc3C2=C(C#N)C#N)c(C)s1. The van der Waals surface area contributed by atoms with E-state index in [4.69, 9.17) is 0 Å². The van der Waals surface area contributed by atoms with Crippen molar-refractivity contribution in [2.45, 2.75) is 13.8 Å². The first-order valence-electron chi connectivity index (χ1n) is 8.03. The summed E-state index contributed by atoms with van der Waals surface area (Å²) >= 11 is 1.64. The van der Waals surface area contributed by atoms with Gasteiger partial charge in [0.2, 0.25) is 0 Å². The highest BCUT2D eigenvalue weighted by Gasteiger charge is 2.32. The van der Waals surface area contributed by atoms with Gasteiger partial charge >= 0.3 is 0 Å². The number of nitrogens with zero attached hydrogens (tertiary/aromatic N) is 4. The van der Waals surface area contributed by atoms with Gasteiger partial charge in [0.1, 0.15) is 35.4 Å². The molecule has 1 aromatic carbocycles. The molecular formula is C22H12N4S. The molecule has 0 amide bonds. The predicted molar refractivity (Wildman–Crippen MR) is 105 cm³/mol. The molecule has 0 bridgehead atoms. The van der Waals surface area contributed by atoms with Crippen molar-refractivity contribution in [3.05, 3.63) is 73.5 Å². The monoisotopic (exact) mass is 364 g/mol. The van der Waals surface area contributed by atoms with Crippen molar-refractivity contribution < 1.29 is 0 Å². The van der Waals surface area contributed by atoms with Crippen LogP contribution in [0.2, 0.25) is 0 Å². The zero-order chi connectivity index (χ0) is 19.6. The molecule has 0 saturated heterocycles. The molecule has 1 aliphatic carbocycles. The fourth-order valence-electron chi connectivity index (χ4n) is 3.24. The Hall–Kier alpha value is -3.90. The molecule has 5 heteroatoms. The first-order valence-corrected chi connectivity index (χ1v) is 8.85. The van der Waals surface area contributed by atoms with Crippen LogP contribution in [0.5, 0.6) is 0 Å². The minimum absolute atomic E-state index is 0.0384. The Bertz CT molecular complexity index is 1120. The quantitative estimate of drug-likeness (QED) is 0.660. The average molecular weight is 364 g/mol. The highest BCUT2D eigenvalue weighted by Crippen LogP contribution is 2.48. The molecule has 0 N–H and O–H groups in total. The number of thiophene rings is 1. The summed E-state index contributed by atoms with van der Waals surface area (Å²) in [5, 5.41) is 38.0. The van der Waals surface area contributed by atoms with E-state index in [1.165, 1.54) is 0 Å². The summed E-state index contributed by atoms with van der Waals surface area (Å²) < 4.78 is 0. The van der Waals surface area contributed by atoms with Gasteiger partial charge in [-0.3, -0.25) is 0 Å². The largest absolute Gasteiger partial charge is 0.192 e. The van der Waals surface area contributed by atoms with Crippen molar-refractivity contribution in [2.24, 2.45) is 0 Å². The lowest BCUT2D eigenvalue weighted by molar-refractivity contribution is 1.46. The third kappa shape index (κ3) is 2.94. The van der Waals surface area contributed by atoms with E-state index in [2.05, 4.69) is 0 Å². The zero-order valence-corrected chi connectivity index (χ0v) is 15.5. The number of rotatable bonds is 1. The molecular weight excluding hydrogens is 352 g/mol. The Morgan fingerprint density at radius 2 is 1.33 bits per heavy atom. The fraction of sp³-hybridized carbons (Fsp3) is 0.0909. The van der Waals surface area contributed by atoms with Gasteiger partial charge in [-0.05, 0) is 48.3 Å². The van der Waals surface area contributed by atoms with Crippen LogP contribution in [0, 0.1) is 59.2 Å². The van der Waals surface area contributed by atoms with Crippen LogP contribution in [0.1, 0.15) is 26.4 Å². The maximum atomic E-state index is 9.49. The van der Waals surface area contributed by atoms with E-state index >= 15 is 0 Å². The van der Waals surface area contributed by atoms with E-state index in [1.54, 1.807) is 23.5 Å². The molecule has 1 aromatic heterocycles. The maximum Gasteiger partial charge on any atom is 0.138 e. The smallest absolute Gasteiger partial charge is 0.138 e. The van der Waals surface area contributed by atoms with Crippen LogP contribution in [0.15, 0.2) is 47.1 Å². The predicted octanol–water partition coefficient (Wildman–Crippen LogP) is 5.06. The fourth-order valence-corrected chi connectivity index (χ4v) is 4.14. The number of hydrogen-bond donors (Lipinski definition) is 0. The van der Waals surface area contributed by atoms with Crippen molar-refractivity contribution >= 4 is 28.6 Å². The van der Waals surface area contributed by atoms with Gasteiger partial charge in [0.15, 0.2) is 0 Å². The number of allylic oxidation sites excluding steroid dienone is 5. The first-order chi connectivity index (χ1) is 13.0. The summed E-state index contributed by atoms with van der Waals surface area (Å²) in [6.07, 6.45) is 1.87. The van der Waals surface area contributed by atoms with E-state index in [-0.39, 0.29) is 11.1 Å². The maximum absolute atomic E-state index is 9.49. The van der Waals surface area contributed by atoms with Gasteiger partial charge in [0, 0.05) is 20.9 Å². The van der Waals surface area contributed by atoms with Gasteiger partial charge in [-0.15, -0.1) is 11.3 Å². The Morgan fingerprint density at radius 1 is 0.852 bits per heavy atom. The minimum atomic E-state index is -0.0384. The average Bonchev–Trinajstić information content (AvgIpc) is 3.15. The molecule has 2 aromatic rings. The van der Waals surface area contributed by atoms with Gasteiger partial charge in [-0.2, -0.15) is 21.0 Å². The molecule has 4 nitrogen and oxygen atoms in total. The summed E-state index contributed by atoms with van der Waals surface area (Å²) in [5.41, 5.74) is 3.74. The van der Waals surface area contributed by atoms with E-state index < -0.39 is 0 Å². The van der Waals surface area contributed by atoms with Crippen molar-refractivity contribution in [3.63, 3.8) is 0 Å². The summed E-state index contributed by atoms with van der Waals surface area (Å²) in [6.45, 7) is 3.99. The molecule has 0 fully saturated rings. The molecule has 0 spiro atoms. The summed E-state index contributed by atoms with van der Waals surface area (Å²) in [7, 11) is 0. The first kappa shape index (κ1) is 17.9. The zero-order valence-electron chi connectivity index (χ0n) is 14.7. The van der Waals surface area contributed by atoms with Crippen LogP contribution in [0.25, 0.3) is 17.2 Å². The molecule has 1 heterocycles. The lowest BCUT2D eigenvalue weighted by atomic mass is 9.95. The van der Waals surface area contributed by atoms with E-state index in [9.17, 15) is 21.0 Å². The van der Waals surface area contributed by atoms with Crippen LogP contribution in [0.3, 0.4) is 0 Å². The van der Waals surface area contributed by atoms with Crippen LogP contribution in [-0.4, -0.2) is 0 Å². The van der Waals surface area contributed by atoms with E-state index in [1.807, 2.05) is 62.4 Å². The highest BCUT2D eigenvalue weighted by atomic mass is 32.1. The second kappa shape index (κ2) is 7.15. The third-order valence-electron chi connectivity index (χ3n) is 4.33. The van der Waals surface area contributed by atoms with E-state index in [0.29, 0.717) is 27.8 Å². The Morgan fingerprint density at radius 3 is 1.70 bits per heavy atom. The van der Waals surface area contributed by atoms with Gasteiger partial charge in [-0.25, -0.2) is 0 Å². The van der Waals surface area contributed by atoms with Gasteiger partial charge in [0.05, 0.1) is 0 Å². The van der Waals surface area contributed by atoms with Crippen LogP contribution in [-0.2, 0) is 0 Å². The van der Waals surface area contributed by atoms with E-state index in [0.717, 1.165) is 15.3 Å². The topological polar surface area (TPSA) is 95.2 Å². The van der Waals surface area contributed by atoms with Crippen molar-refractivity contribution in [1.29, 1.82) is 21.0 Å². The van der Waals surface area contributed by atoms with Crippen molar-refractivity contribution in [2.75, 3.05) is 0 Å². The molecule has 126 valence electrons. The lowest BCUT2D eigenvalue weighted by Crippen LogP contribution is -1.90. The Labute approximate surface area is 161 Å². The number of aryl methyl sites for hydroxylation is 2. The molecule has 1 aliphatic rings. The van der Waals surface area contributed by atoms with Gasteiger partial charge in [0.25, 0.3) is 0 Å². The third-order valence-corrected chi connectivity index (χ3v) is 5.31.